The highest BCUT2D eigenvalue weighted by molar-refractivity contribution is 5.35. The van der Waals surface area contributed by atoms with E-state index in [0.717, 1.165) is 6.42 Å². The van der Waals surface area contributed by atoms with Gasteiger partial charge in [-0.3, -0.25) is 0 Å². The van der Waals surface area contributed by atoms with E-state index in [1.54, 1.807) is 0 Å². The maximum Gasteiger partial charge on any atom is 0.0551 e. The summed E-state index contributed by atoms with van der Waals surface area (Å²) < 4.78 is 0. The molecule has 2 rings (SSSR count). The lowest BCUT2D eigenvalue weighted by molar-refractivity contribution is 0.865. The van der Waals surface area contributed by atoms with Gasteiger partial charge in [0.15, 0.2) is 0 Å². The first kappa shape index (κ1) is 11.9. The van der Waals surface area contributed by atoms with Crippen LogP contribution in [0.1, 0.15) is 35.2 Å². The van der Waals surface area contributed by atoms with Crippen LogP contribution < -0.4 is 5.73 Å². The average molecular weight is 225 g/mol. The van der Waals surface area contributed by atoms with Gasteiger partial charge in [-0.05, 0) is 30.0 Å². The van der Waals surface area contributed by atoms with Crippen molar-refractivity contribution in [2.24, 2.45) is 5.73 Å². The summed E-state index contributed by atoms with van der Waals surface area (Å²) in [6, 6.07) is 16.9. The monoisotopic (exact) mass is 225 g/mol. The minimum atomic E-state index is -0.0265. The molecule has 0 spiro atoms. The number of hydrogen-bond acceptors (Lipinski definition) is 1. The van der Waals surface area contributed by atoms with E-state index in [1.165, 1.54) is 22.3 Å². The van der Waals surface area contributed by atoms with Crippen molar-refractivity contribution in [2.75, 3.05) is 0 Å². The Morgan fingerprint density at radius 1 is 1.00 bits per heavy atom. The Hall–Kier alpha value is -1.60. The molecular weight excluding hydrogens is 206 g/mol. The fraction of sp³-hybridized carbons (Fsp3) is 0.250. The molecule has 88 valence electrons. The van der Waals surface area contributed by atoms with E-state index in [9.17, 15) is 0 Å². The van der Waals surface area contributed by atoms with Gasteiger partial charge in [0.25, 0.3) is 0 Å². The highest BCUT2D eigenvalue weighted by Gasteiger charge is 2.08. The second kappa shape index (κ2) is 5.15. The summed E-state index contributed by atoms with van der Waals surface area (Å²) in [6.45, 7) is 4.26. The zero-order chi connectivity index (χ0) is 12.3. The van der Waals surface area contributed by atoms with Crippen LogP contribution in [0.15, 0.2) is 48.5 Å². The molecule has 1 atom stereocenters. The quantitative estimate of drug-likeness (QED) is 0.848. The van der Waals surface area contributed by atoms with E-state index in [2.05, 4.69) is 62.4 Å². The van der Waals surface area contributed by atoms with Crippen LogP contribution in [0.3, 0.4) is 0 Å². The van der Waals surface area contributed by atoms with Gasteiger partial charge in [0, 0.05) is 0 Å². The third-order valence-electron chi connectivity index (χ3n) is 3.12. The molecule has 0 aliphatic heterocycles. The van der Waals surface area contributed by atoms with E-state index < -0.39 is 0 Å². The van der Waals surface area contributed by atoms with Gasteiger partial charge in [0.1, 0.15) is 0 Å². The Balaban J connectivity index is 2.33. The van der Waals surface area contributed by atoms with Crippen molar-refractivity contribution in [3.8, 4) is 0 Å². The third-order valence-corrected chi connectivity index (χ3v) is 3.12. The van der Waals surface area contributed by atoms with Crippen LogP contribution in [-0.4, -0.2) is 0 Å². The first-order valence-electron chi connectivity index (χ1n) is 6.11. The topological polar surface area (TPSA) is 26.0 Å². The van der Waals surface area contributed by atoms with Crippen molar-refractivity contribution in [1.82, 2.24) is 0 Å². The SMILES string of the molecule is CCc1cccc(C(N)c2cccc(C)c2)c1. The number of nitrogens with two attached hydrogens (primary N) is 1. The zero-order valence-corrected chi connectivity index (χ0v) is 10.5. The van der Waals surface area contributed by atoms with Gasteiger partial charge in [-0.15, -0.1) is 0 Å². The predicted molar refractivity (Wildman–Crippen MR) is 73.0 cm³/mol. The molecule has 0 saturated carbocycles. The molecular formula is C16H19N. The number of benzene rings is 2. The standard InChI is InChI=1S/C16H19N/c1-3-13-7-5-9-15(11-13)16(17)14-8-4-6-12(2)10-14/h4-11,16H,3,17H2,1-2H3. The van der Waals surface area contributed by atoms with Gasteiger partial charge >= 0.3 is 0 Å². The van der Waals surface area contributed by atoms with Crippen LogP contribution in [-0.2, 0) is 6.42 Å². The molecule has 1 heteroatoms. The lowest BCUT2D eigenvalue weighted by atomic mass is 9.96. The summed E-state index contributed by atoms with van der Waals surface area (Å²) >= 11 is 0. The van der Waals surface area contributed by atoms with Crippen molar-refractivity contribution in [2.45, 2.75) is 26.3 Å². The molecule has 2 N–H and O–H groups in total. The summed E-state index contributed by atoms with van der Waals surface area (Å²) in [5, 5.41) is 0. The average Bonchev–Trinajstić information content (AvgIpc) is 2.38. The maximum absolute atomic E-state index is 6.31. The molecule has 0 bridgehead atoms. The minimum absolute atomic E-state index is 0.0265. The third kappa shape index (κ3) is 2.75. The lowest BCUT2D eigenvalue weighted by Gasteiger charge is -2.14. The van der Waals surface area contributed by atoms with Crippen molar-refractivity contribution >= 4 is 0 Å². The van der Waals surface area contributed by atoms with E-state index in [-0.39, 0.29) is 6.04 Å². The van der Waals surface area contributed by atoms with Gasteiger partial charge in [0.2, 0.25) is 0 Å². The van der Waals surface area contributed by atoms with E-state index in [1.807, 2.05) is 0 Å². The molecule has 0 aliphatic rings. The molecule has 0 heterocycles. The van der Waals surface area contributed by atoms with Crippen molar-refractivity contribution in [3.63, 3.8) is 0 Å². The van der Waals surface area contributed by atoms with Crippen LogP contribution in [0, 0.1) is 6.92 Å². The first-order valence-corrected chi connectivity index (χ1v) is 6.11. The predicted octanol–water partition coefficient (Wildman–Crippen LogP) is 3.61. The molecule has 0 saturated heterocycles. The fourth-order valence-electron chi connectivity index (χ4n) is 2.06. The largest absolute Gasteiger partial charge is 0.320 e. The molecule has 2 aromatic rings. The normalized spacial score (nSPS) is 12.4. The summed E-state index contributed by atoms with van der Waals surface area (Å²) in [6.07, 6.45) is 1.05. The van der Waals surface area contributed by atoms with E-state index in [0.29, 0.717) is 0 Å². The molecule has 0 amide bonds. The number of rotatable bonds is 3. The number of aryl methyl sites for hydroxylation is 2. The molecule has 0 fully saturated rings. The summed E-state index contributed by atoms with van der Waals surface area (Å²) in [4.78, 5) is 0. The lowest BCUT2D eigenvalue weighted by Crippen LogP contribution is -2.12. The molecule has 1 nitrogen and oxygen atoms in total. The summed E-state index contributed by atoms with van der Waals surface area (Å²) in [7, 11) is 0. The van der Waals surface area contributed by atoms with Crippen molar-refractivity contribution < 1.29 is 0 Å². The van der Waals surface area contributed by atoms with Crippen LogP contribution in [0.25, 0.3) is 0 Å². The van der Waals surface area contributed by atoms with Gasteiger partial charge in [0.05, 0.1) is 6.04 Å². The second-order valence-corrected chi connectivity index (χ2v) is 4.49. The Labute approximate surface area is 103 Å². The molecule has 1 unspecified atom stereocenters. The molecule has 17 heavy (non-hydrogen) atoms. The minimum Gasteiger partial charge on any atom is -0.320 e. The molecule has 0 radical (unpaired) electrons. The first-order chi connectivity index (χ1) is 8.20. The highest BCUT2D eigenvalue weighted by Crippen LogP contribution is 2.21. The van der Waals surface area contributed by atoms with Crippen LogP contribution >= 0.6 is 0 Å². The molecule has 0 aliphatic carbocycles. The van der Waals surface area contributed by atoms with Crippen LogP contribution in [0.5, 0.6) is 0 Å². The van der Waals surface area contributed by atoms with E-state index in [4.69, 9.17) is 5.73 Å². The number of hydrogen-bond donors (Lipinski definition) is 1. The maximum atomic E-state index is 6.31. The molecule has 2 aromatic carbocycles. The highest BCUT2D eigenvalue weighted by atomic mass is 14.6. The Morgan fingerprint density at radius 3 is 2.29 bits per heavy atom. The smallest absolute Gasteiger partial charge is 0.0551 e. The zero-order valence-electron chi connectivity index (χ0n) is 10.5. The van der Waals surface area contributed by atoms with Gasteiger partial charge < -0.3 is 5.73 Å². The van der Waals surface area contributed by atoms with Gasteiger partial charge in [-0.1, -0.05) is 61.0 Å². The Bertz CT molecular complexity index is 502. The Morgan fingerprint density at radius 2 is 1.65 bits per heavy atom. The summed E-state index contributed by atoms with van der Waals surface area (Å²) in [5.41, 5.74) is 11.3. The van der Waals surface area contributed by atoms with Gasteiger partial charge in [-0.2, -0.15) is 0 Å². The van der Waals surface area contributed by atoms with Crippen molar-refractivity contribution in [1.29, 1.82) is 0 Å². The molecule has 0 aromatic heterocycles. The van der Waals surface area contributed by atoms with Crippen LogP contribution in [0.4, 0.5) is 0 Å². The van der Waals surface area contributed by atoms with Gasteiger partial charge in [-0.25, -0.2) is 0 Å². The fourth-order valence-corrected chi connectivity index (χ4v) is 2.06. The van der Waals surface area contributed by atoms with E-state index >= 15 is 0 Å². The Kier molecular flexibility index (Phi) is 3.60. The second-order valence-electron chi connectivity index (χ2n) is 4.49. The summed E-state index contributed by atoms with van der Waals surface area (Å²) in [5.74, 6) is 0. The van der Waals surface area contributed by atoms with Crippen LogP contribution in [0.2, 0.25) is 0 Å². The van der Waals surface area contributed by atoms with Crippen molar-refractivity contribution in [3.05, 3.63) is 70.8 Å².